The van der Waals surface area contributed by atoms with Crippen molar-refractivity contribution in [2.45, 2.75) is 20.0 Å². The molecule has 10 heavy (non-hydrogen) atoms. The van der Waals surface area contributed by atoms with Gasteiger partial charge in [-0.05, 0) is 0 Å². The monoisotopic (exact) mass is 254 g/mol. The molecule has 0 radical (unpaired) electrons. The highest BCUT2D eigenvalue weighted by Crippen LogP contribution is 2.28. The predicted octanol–water partition coefficient (Wildman–Crippen LogP) is 1.62. The van der Waals surface area contributed by atoms with Crippen molar-refractivity contribution in [2.75, 3.05) is 4.43 Å². The smallest absolute Gasteiger partial charge is 0.309 e. The van der Waals surface area contributed by atoms with Gasteiger partial charge in [0.25, 0.3) is 0 Å². The van der Waals surface area contributed by atoms with Crippen molar-refractivity contribution in [2.24, 2.45) is 11.8 Å². The summed E-state index contributed by atoms with van der Waals surface area (Å²) in [5, 5.41) is 0. The van der Waals surface area contributed by atoms with Crippen molar-refractivity contribution in [3.05, 3.63) is 0 Å². The average molecular weight is 254 g/mol. The standard InChI is InChI=1S/C7H11IO2/c1-4-5(2)7(9)10-6(4)3-8/h4-6H,3H2,1-2H3/t4-,5-,6+/m0/s1. The summed E-state index contributed by atoms with van der Waals surface area (Å²) < 4.78 is 6.00. The molecule has 1 aliphatic heterocycles. The molecule has 0 aromatic rings. The van der Waals surface area contributed by atoms with Crippen LogP contribution >= 0.6 is 22.6 Å². The summed E-state index contributed by atoms with van der Waals surface area (Å²) in [5.74, 6) is 0.457. The molecular weight excluding hydrogens is 243 g/mol. The van der Waals surface area contributed by atoms with Gasteiger partial charge in [0.1, 0.15) is 6.10 Å². The Morgan fingerprint density at radius 1 is 1.60 bits per heavy atom. The number of carbonyl (C=O) groups is 1. The lowest BCUT2D eigenvalue weighted by Gasteiger charge is -2.10. The van der Waals surface area contributed by atoms with Crippen LogP contribution in [0.2, 0.25) is 0 Å². The highest BCUT2D eigenvalue weighted by molar-refractivity contribution is 14.1. The SMILES string of the molecule is C[C@H]1[C@H](C)C(=O)O[C@@H]1CI. The third-order valence-electron chi connectivity index (χ3n) is 2.17. The molecule has 0 bridgehead atoms. The molecule has 3 atom stereocenters. The van der Waals surface area contributed by atoms with Gasteiger partial charge in [0.2, 0.25) is 0 Å². The van der Waals surface area contributed by atoms with Gasteiger partial charge in [-0.15, -0.1) is 0 Å². The van der Waals surface area contributed by atoms with E-state index >= 15 is 0 Å². The molecule has 0 unspecified atom stereocenters. The number of esters is 1. The Morgan fingerprint density at radius 3 is 2.40 bits per heavy atom. The van der Waals surface area contributed by atoms with E-state index in [1.54, 1.807) is 0 Å². The first-order valence-electron chi connectivity index (χ1n) is 3.43. The zero-order chi connectivity index (χ0) is 7.72. The number of hydrogen-bond acceptors (Lipinski definition) is 2. The van der Waals surface area contributed by atoms with Crippen molar-refractivity contribution in [1.82, 2.24) is 0 Å². The van der Waals surface area contributed by atoms with Crippen LogP contribution in [-0.2, 0) is 9.53 Å². The Hall–Kier alpha value is 0.200. The van der Waals surface area contributed by atoms with E-state index in [0.717, 1.165) is 4.43 Å². The predicted molar refractivity (Wildman–Crippen MR) is 47.1 cm³/mol. The summed E-state index contributed by atoms with van der Waals surface area (Å²) in [6.07, 6.45) is 0.156. The fraction of sp³-hybridized carbons (Fsp3) is 0.857. The molecule has 58 valence electrons. The van der Waals surface area contributed by atoms with E-state index in [2.05, 4.69) is 29.5 Å². The Kier molecular flexibility index (Phi) is 2.55. The number of ether oxygens (including phenoxy) is 1. The maximum absolute atomic E-state index is 10.9. The second-order valence-corrected chi connectivity index (χ2v) is 3.66. The van der Waals surface area contributed by atoms with E-state index in [9.17, 15) is 4.79 Å². The molecule has 0 saturated carbocycles. The second kappa shape index (κ2) is 3.07. The quantitative estimate of drug-likeness (QED) is 0.404. The molecule has 3 heteroatoms. The number of hydrogen-bond donors (Lipinski definition) is 0. The lowest BCUT2D eigenvalue weighted by Crippen LogP contribution is -2.16. The molecule has 0 spiro atoms. The lowest BCUT2D eigenvalue weighted by atomic mass is 9.95. The fourth-order valence-corrected chi connectivity index (χ4v) is 2.05. The van der Waals surface area contributed by atoms with Crippen LogP contribution in [-0.4, -0.2) is 16.5 Å². The number of alkyl halides is 1. The minimum atomic E-state index is -0.0332. The molecule has 1 heterocycles. The minimum Gasteiger partial charge on any atom is -0.461 e. The van der Waals surface area contributed by atoms with E-state index in [4.69, 9.17) is 4.74 Å². The lowest BCUT2D eigenvalue weighted by molar-refractivity contribution is -0.143. The molecule has 1 saturated heterocycles. The molecular formula is C7H11IO2. The van der Waals surface area contributed by atoms with Gasteiger partial charge in [-0.3, -0.25) is 4.79 Å². The maximum atomic E-state index is 10.9. The van der Waals surface area contributed by atoms with Crippen LogP contribution in [0.1, 0.15) is 13.8 Å². The Bertz CT molecular complexity index is 147. The largest absolute Gasteiger partial charge is 0.461 e. The first-order valence-corrected chi connectivity index (χ1v) is 4.96. The van der Waals surface area contributed by atoms with Crippen LogP contribution in [0.15, 0.2) is 0 Å². The van der Waals surface area contributed by atoms with Gasteiger partial charge in [0.05, 0.1) is 5.92 Å². The van der Waals surface area contributed by atoms with E-state index < -0.39 is 0 Å². The number of halogens is 1. The molecule has 1 fully saturated rings. The number of carbonyl (C=O) groups excluding carboxylic acids is 1. The van der Waals surface area contributed by atoms with E-state index in [0.29, 0.717) is 5.92 Å². The number of cyclic esters (lactones) is 1. The molecule has 0 aliphatic carbocycles. The van der Waals surface area contributed by atoms with Gasteiger partial charge in [-0.25, -0.2) is 0 Å². The Labute approximate surface area is 74.5 Å². The van der Waals surface area contributed by atoms with Gasteiger partial charge < -0.3 is 4.74 Å². The van der Waals surface area contributed by atoms with Gasteiger partial charge in [0, 0.05) is 10.3 Å². The van der Waals surface area contributed by atoms with Crippen LogP contribution < -0.4 is 0 Å². The van der Waals surface area contributed by atoms with E-state index in [1.165, 1.54) is 0 Å². The van der Waals surface area contributed by atoms with Crippen molar-refractivity contribution in [1.29, 1.82) is 0 Å². The number of rotatable bonds is 1. The first kappa shape index (κ1) is 8.30. The average Bonchev–Trinajstić information content (AvgIpc) is 2.17. The van der Waals surface area contributed by atoms with Crippen LogP contribution in [0.25, 0.3) is 0 Å². The Balaban J connectivity index is 2.61. The molecule has 2 nitrogen and oxygen atoms in total. The zero-order valence-electron chi connectivity index (χ0n) is 6.13. The van der Waals surface area contributed by atoms with Crippen LogP contribution in [0.5, 0.6) is 0 Å². The first-order chi connectivity index (χ1) is 4.66. The molecule has 0 aromatic heterocycles. The zero-order valence-corrected chi connectivity index (χ0v) is 8.29. The summed E-state index contributed by atoms with van der Waals surface area (Å²) in [6, 6.07) is 0. The summed E-state index contributed by atoms with van der Waals surface area (Å²) in [5.41, 5.74) is 0. The summed E-state index contributed by atoms with van der Waals surface area (Å²) in [7, 11) is 0. The second-order valence-electron chi connectivity index (χ2n) is 2.78. The van der Waals surface area contributed by atoms with Crippen LogP contribution in [0, 0.1) is 11.8 Å². The van der Waals surface area contributed by atoms with Gasteiger partial charge in [-0.1, -0.05) is 36.4 Å². The minimum absolute atomic E-state index is 0.0332. The van der Waals surface area contributed by atoms with Gasteiger partial charge in [-0.2, -0.15) is 0 Å². The third-order valence-corrected chi connectivity index (χ3v) is 3.03. The van der Waals surface area contributed by atoms with Gasteiger partial charge in [0.15, 0.2) is 0 Å². The Morgan fingerprint density at radius 2 is 2.20 bits per heavy atom. The highest BCUT2D eigenvalue weighted by atomic mass is 127. The molecule has 1 rings (SSSR count). The van der Waals surface area contributed by atoms with Crippen LogP contribution in [0.3, 0.4) is 0 Å². The summed E-state index contributed by atoms with van der Waals surface area (Å²) in [4.78, 5) is 10.9. The summed E-state index contributed by atoms with van der Waals surface area (Å²) >= 11 is 2.25. The van der Waals surface area contributed by atoms with Crippen molar-refractivity contribution in [3.63, 3.8) is 0 Å². The van der Waals surface area contributed by atoms with Crippen molar-refractivity contribution < 1.29 is 9.53 Å². The summed E-state index contributed by atoms with van der Waals surface area (Å²) in [6.45, 7) is 4.00. The van der Waals surface area contributed by atoms with Gasteiger partial charge >= 0.3 is 5.97 Å². The highest BCUT2D eigenvalue weighted by Gasteiger charge is 2.37. The molecule has 0 aromatic carbocycles. The van der Waals surface area contributed by atoms with Crippen molar-refractivity contribution >= 4 is 28.6 Å². The maximum Gasteiger partial charge on any atom is 0.309 e. The molecule has 0 N–H and O–H groups in total. The molecule has 1 aliphatic rings. The third kappa shape index (κ3) is 1.28. The van der Waals surface area contributed by atoms with Crippen LogP contribution in [0.4, 0.5) is 0 Å². The topological polar surface area (TPSA) is 26.3 Å². The van der Waals surface area contributed by atoms with Crippen molar-refractivity contribution in [3.8, 4) is 0 Å². The fourth-order valence-electron chi connectivity index (χ4n) is 1.07. The molecule has 0 amide bonds. The van der Waals surface area contributed by atoms with E-state index in [-0.39, 0.29) is 18.0 Å². The van der Waals surface area contributed by atoms with E-state index in [1.807, 2.05) is 6.92 Å². The normalized spacial score (nSPS) is 39.9.